The summed E-state index contributed by atoms with van der Waals surface area (Å²) in [5, 5.41) is 3.23. The lowest BCUT2D eigenvalue weighted by atomic mass is 9.90. The van der Waals surface area contributed by atoms with Gasteiger partial charge in [-0.2, -0.15) is 0 Å². The Hall–Kier alpha value is -1.35. The van der Waals surface area contributed by atoms with Gasteiger partial charge in [-0.1, -0.05) is 30.3 Å². The van der Waals surface area contributed by atoms with Gasteiger partial charge in [0.1, 0.15) is 0 Å². The van der Waals surface area contributed by atoms with Crippen LogP contribution in [0.2, 0.25) is 0 Å². The summed E-state index contributed by atoms with van der Waals surface area (Å²) in [4.78, 5) is 15.1. The van der Waals surface area contributed by atoms with Crippen molar-refractivity contribution >= 4 is 5.91 Å². The van der Waals surface area contributed by atoms with Gasteiger partial charge in [-0.15, -0.1) is 0 Å². The van der Waals surface area contributed by atoms with Crippen LogP contribution in [0.15, 0.2) is 30.3 Å². The minimum atomic E-state index is -0.0703. The van der Waals surface area contributed by atoms with Gasteiger partial charge in [0.05, 0.1) is 5.41 Å². The molecule has 0 spiro atoms. The Morgan fingerprint density at radius 3 is 2.50 bits per heavy atom. The average molecular weight is 300 g/mol. The molecule has 3 nitrogen and oxygen atoms in total. The number of hydrogen-bond donors (Lipinski definition) is 1. The van der Waals surface area contributed by atoms with Gasteiger partial charge in [-0.25, -0.2) is 0 Å². The molecule has 1 saturated heterocycles. The SMILES string of the molecule is CNCCC1CCN(C(=O)C2(Cc3ccccc3)CC2)CC1. The van der Waals surface area contributed by atoms with E-state index in [-0.39, 0.29) is 5.41 Å². The lowest BCUT2D eigenvalue weighted by molar-refractivity contribution is -0.138. The molecule has 0 atom stereocenters. The predicted octanol–water partition coefficient (Wildman–Crippen LogP) is 2.86. The summed E-state index contributed by atoms with van der Waals surface area (Å²) < 4.78 is 0. The van der Waals surface area contributed by atoms with E-state index in [2.05, 4.69) is 34.5 Å². The molecule has 3 heteroatoms. The highest BCUT2D eigenvalue weighted by Crippen LogP contribution is 2.50. The molecule has 0 aromatic heterocycles. The summed E-state index contributed by atoms with van der Waals surface area (Å²) in [6, 6.07) is 10.5. The monoisotopic (exact) mass is 300 g/mol. The van der Waals surface area contributed by atoms with E-state index in [1.807, 2.05) is 13.1 Å². The van der Waals surface area contributed by atoms with Crippen molar-refractivity contribution in [2.24, 2.45) is 11.3 Å². The van der Waals surface area contributed by atoms with E-state index < -0.39 is 0 Å². The molecular weight excluding hydrogens is 272 g/mol. The van der Waals surface area contributed by atoms with E-state index >= 15 is 0 Å². The van der Waals surface area contributed by atoms with Gasteiger partial charge in [-0.3, -0.25) is 4.79 Å². The number of carbonyl (C=O) groups excluding carboxylic acids is 1. The van der Waals surface area contributed by atoms with Crippen LogP contribution >= 0.6 is 0 Å². The van der Waals surface area contributed by atoms with E-state index in [4.69, 9.17) is 0 Å². The van der Waals surface area contributed by atoms with Crippen molar-refractivity contribution in [3.05, 3.63) is 35.9 Å². The molecule has 120 valence electrons. The summed E-state index contributed by atoms with van der Waals surface area (Å²) in [5.74, 6) is 1.21. The third kappa shape index (κ3) is 3.52. The van der Waals surface area contributed by atoms with Crippen LogP contribution in [0.4, 0.5) is 0 Å². The molecule has 1 amide bonds. The summed E-state index contributed by atoms with van der Waals surface area (Å²) >= 11 is 0. The smallest absolute Gasteiger partial charge is 0.229 e. The lowest BCUT2D eigenvalue weighted by Crippen LogP contribution is -2.43. The zero-order valence-electron chi connectivity index (χ0n) is 13.7. The van der Waals surface area contributed by atoms with Crippen LogP contribution in [-0.4, -0.2) is 37.5 Å². The second-order valence-electron chi connectivity index (χ2n) is 7.07. The highest BCUT2D eigenvalue weighted by molar-refractivity contribution is 5.85. The number of piperidine rings is 1. The van der Waals surface area contributed by atoms with Gasteiger partial charge < -0.3 is 10.2 Å². The summed E-state index contributed by atoms with van der Waals surface area (Å²) in [5.41, 5.74) is 1.23. The quantitative estimate of drug-likeness (QED) is 0.876. The predicted molar refractivity (Wildman–Crippen MR) is 89.7 cm³/mol. The van der Waals surface area contributed by atoms with Crippen LogP contribution in [0.5, 0.6) is 0 Å². The molecule has 3 rings (SSSR count). The van der Waals surface area contributed by atoms with Crippen molar-refractivity contribution in [3.63, 3.8) is 0 Å². The summed E-state index contributed by atoms with van der Waals surface area (Å²) in [6.07, 6.45) is 6.66. The van der Waals surface area contributed by atoms with Crippen molar-refractivity contribution in [1.29, 1.82) is 0 Å². The standard InChI is InChI=1S/C19H28N2O/c1-20-12-7-16-8-13-21(14-9-16)18(22)19(10-11-19)15-17-5-3-2-4-6-17/h2-6,16,20H,7-15H2,1H3. The normalized spacial score (nSPS) is 20.9. The maximum Gasteiger partial charge on any atom is 0.229 e. The molecule has 2 aliphatic rings. The van der Waals surface area contributed by atoms with Crippen LogP contribution in [0, 0.1) is 11.3 Å². The van der Waals surface area contributed by atoms with E-state index in [0.717, 1.165) is 44.8 Å². The highest BCUT2D eigenvalue weighted by Gasteiger charge is 2.51. The van der Waals surface area contributed by atoms with Crippen molar-refractivity contribution in [1.82, 2.24) is 10.2 Å². The van der Waals surface area contributed by atoms with Crippen LogP contribution in [0.1, 0.15) is 37.7 Å². The third-order valence-electron chi connectivity index (χ3n) is 5.40. The van der Waals surface area contributed by atoms with Crippen molar-refractivity contribution in [2.75, 3.05) is 26.7 Å². The minimum Gasteiger partial charge on any atom is -0.342 e. The Bertz CT molecular complexity index is 487. The molecule has 1 aliphatic carbocycles. The number of nitrogens with zero attached hydrogens (tertiary/aromatic N) is 1. The topological polar surface area (TPSA) is 32.3 Å². The lowest BCUT2D eigenvalue weighted by Gasteiger charge is -2.34. The number of rotatable bonds is 6. The number of nitrogens with one attached hydrogen (secondary N) is 1. The Morgan fingerprint density at radius 1 is 1.23 bits per heavy atom. The fraction of sp³-hybridized carbons (Fsp3) is 0.632. The summed E-state index contributed by atoms with van der Waals surface area (Å²) in [7, 11) is 2.01. The maximum atomic E-state index is 12.9. The van der Waals surface area contributed by atoms with Crippen molar-refractivity contribution in [2.45, 2.75) is 38.5 Å². The van der Waals surface area contributed by atoms with E-state index in [1.54, 1.807) is 0 Å². The van der Waals surface area contributed by atoms with E-state index in [0.29, 0.717) is 5.91 Å². The minimum absolute atomic E-state index is 0.0703. The van der Waals surface area contributed by atoms with Gasteiger partial charge in [0.15, 0.2) is 0 Å². The zero-order valence-corrected chi connectivity index (χ0v) is 13.7. The molecule has 1 aliphatic heterocycles. The van der Waals surface area contributed by atoms with E-state index in [1.165, 1.54) is 24.8 Å². The van der Waals surface area contributed by atoms with Crippen LogP contribution in [-0.2, 0) is 11.2 Å². The fourth-order valence-corrected chi connectivity index (χ4v) is 3.71. The van der Waals surface area contributed by atoms with Gasteiger partial charge >= 0.3 is 0 Å². The second-order valence-corrected chi connectivity index (χ2v) is 7.07. The van der Waals surface area contributed by atoms with Crippen LogP contribution in [0.25, 0.3) is 0 Å². The molecule has 1 aromatic carbocycles. The molecule has 1 heterocycles. The molecule has 2 fully saturated rings. The molecule has 1 aromatic rings. The first-order chi connectivity index (χ1) is 10.7. The first-order valence-corrected chi connectivity index (χ1v) is 8.71. The van der Waals surface area contributed by atoms with Crippen molar-refractivity contribution in [3.8, 4) is 0 Å². The average Bonchev–Trinajstić information content (AvgIpc) is 3.34. The molecule has 0 unspecified atom stereocenters. The van der Waals surface area contributed by atoms with Gasteiger partial charge in [0.2, 0.25) is 5.91 Å². The number of likely N-dealkylation sites (tertiary alicyclic amines) is 1. The molecule has 22 heavy (non-hydrogen) atoms. The number of hydrogen-bond acceptors (Lipinski definition) is 2. The highest BCUT2D eigenvalue weighted by atomic mass is 16.2. The van der Waals surface area contributed by atoms with Crippen LogP contribution < -0.4 is 5.32 Å². The third-order valence-corrected chi connectivity index (χ3v) is 5.40. The van der Waals surface area contributed by atoms with Crippen LogP contribution in [0.3, 0.4) is 0 Å². The number of amides is 1. The van der Waals surface area contributed by atoms with E-state index in [9.17, 15) is 4.79 Å². The molecule has 0 radical (unpaired) electrons. The second kappa shape index (κ2) is 6.82. The van der Waals surface area contributed by atoms with Gasteiger partial charge in [-0.05, 0) is 63.6 Å². The first-order valence-electron chi connectivity index (χ1n) is 8.71. The Balaban J connectivity index is 1.54. The maximum absolute atomic E-state index is 12.9. The number of carbonyl (C=O) groups is 1. The van der Waals surface area contributed by atoms with Crippen molar-refractivity contribution < 1.29 is 4.79 Å². The molecular formula is C19H28N2O. The first kappa shape index (κ1) is 15.5. The zero-order chi connectivity index (χ0) is 15.4. The number of benzene rings is 1. The molecule has 0 bridgehead atoms. The fourth-order valence-electron chi connectivity index (χ4n) is 3.71. The Kier molecular flexibility index (Phi) is 4.82. The van der Waals surface area contributed by atoms with Gasteiger partial charge in [0.25, 0.3) is 0 Å². The Morgan fingerprint density at radius 2 is 1.91 bits per heavy atom. The van der Waals surface area contributed by atoms with Gasteiger partial charge in [0, 0.05) is 13.1 Å². The summed E-state index contributed by atoms with van der Waals surface area (Å²) in [6.45, 7) is 3.02. The molecule has 1 saturated carbocycles. The Labute approximate surface area is 134 Å². The largest absolute Gasteiger partial charge is 0.342 e. The molecule has 1 N–H and O–H groups in total.